The zero-order chi connectivity index (χ0) is 9.84. The van der Waals surface area contributed by atoms with Gasteiger partial charge in [0.2, 0.25) is 0 Å². The van der Waals surface area contributed by atoms with E-state index in [1.807, 2.05) is 0 Å². The molecule has 0 saturated carbocycles. The van der Waals surface area contributed by atoms with Crippen molar-refractivity contribution in [2.24, 2.45) is 0 Å². The van der Waals surface area contributed by atoms with Crippen LogP contribution < -0.4 is 34.7 Å². The van der Waals surface area contributed by atoms with Crippen molar-refractivity contribution in [1.82, 2.24) is 0 Å². The van der Waals surface area contributed by atoms with Crippen molar-refractivity contribution in [3.8, 4) is 5.75 Å². The molecule has 0 atom stereocenters. The van der Waals surface area contributed by atoms with Gasteiger partial charge in [-0.1, -0.05) is 18.2 Å². The molecule has 0 unspecified atom stereocenters. The van der Waals surface area contributed by atoms with Crippen molar-refractivity contribution in [1.29, 1.82) is 0 Å². The summed E-state index contributed by atoms with van der Waals surface area (Å²) in [6.45, 7) is 0. The van der Waals surface area contributed by atoms with E-state index in [-0.39, 0.29) is 47.3 Å². The Balaban J connectivity index is 0.00000169. The zero-order valence-electron chi connectivity index (χ0n) is 7.69. The number of carboxylic acids is 1. The molecule has 5 heteroatoms. The van der Waals surface area contributed by atoms with Crippen LogP contribution in [0.5, 0.6) is 5.75 Å². The molecule has 0 spiro atoms. The van der Waals surface area contributed by atoms with Gasteiger partial charge < -0.3 is 15.0 Å². The Hall–Kier alpha value is -0.840. The third-order valence-electron chi connectivity index (χ3n) is 1.57. The molecule has 0 fully saturated rings. The summed E-state index contributed by atoms with van der Waals surface area (Å²) in [5.41, 5.74) is 0.289. The maximum absolute atomic E-state index is 10.7. The number of ketones is 1. The van der Waals surface area contributed by atoms with E-state index in [1.54, 1.807) is 12.1 Å². The number of rotatable bonds is 3. The van der Waals surface area contributed by atoms with Gasteiger partial charge in [0.25, 0.3) is 0 Å². The summed E-state index contributed by atoms with van der Waals surface area (Å²) in [4.78, 5) is 20.8. The minimum Gasteiger partial charge on any atom is -0.542 e. The van der Waals surface area contributed by atoms with Gasteiger partial charge in [-0.05, 0) is 6.07 Å². The number of aromatic hydroxyl groups is 1. The smallest absolute Gasteiger partial charge is 0.542 e. The Morgan fingerprint density at radius 1 is 1.29 bits per heavy atom. The van der Waals surface area contributed by atoms with Crippen molar-refractivity contribution in [3.05, 3.63) is 29.8 Å². The number of carbonyl (C=O) groups excluding carboxylic acids is 2. The van der Waals surface area contributed by atoms with Gasteiger partial charge in [-0.2, -0.15) is 0 Å². The molecule has 0 saturated heterocycles. The van der Waals surface area contributed by atoms with Gasteiger partial charge in [0.15, 0.2) is 5.78 Å². The van der Waals surface area contributed by atoms with E-state index in [0.29, 0.717) is 0 Å². The number of benzene rings is 1. The van der Waals surface area contributed by atoms with Crippen LogP contribution in [0.1, 0.15) is 5.56 Å². The first kappa shape index (κ1) is 13.2. The fourth-order valence-electron chi connectivity index (χ4n) is 0.905. The van der Waals surface area contributed by atoms with Gasteiger partial charge in [0, 0.05) is 12.0 Å². The fraction of sp³-hybridized carbons (Fsp3) is 0.111. The van der Waals surface area contributed by atoms with Crippen LogP contribution in [0.3, 0.4) is 0 Å². The quantitative estimate of drug-likeness (QED) is 0.403. The SMILES string of the molecule is O=C([O-])C(=O)Cc1ccccc1O.[Na+]. The molecule has 0 aliphatic heterocycles. The molecule has 0 aliphatic carbocycles. The number of aliphatic carboxylic acids is 1. The minimum atomic E-state index is -1.73. The summed E-state index contributed by atoms with van der Waals surface area (Å²) >= 11 is 0. The zero-order valence-corrected chi connectivity index (χ0v) is 9.69. The molecular weight excluding hydrogens is 195 g/mol. The van der Waals surface area contributed by atoms with E-state index in [4.69, 9.17) is 0 Å². The van der Waals surface area contributed by atoms with E-state index < -0.39 is 11.8 Å². The molecule has 14 heavy (non-hydrogen) atoms. The van der Waals surface area contributed by atoms with E-state index in [9.17, 15) is 19.8 Å². The molecular formula is C9H7NaO4. The number of hydrogen-bond donors (Lipinski definition) is 1. The molecule has 0 bridgehead atoms. The summed E-state index contributed by atoms with van der Waals surface area (Å²) in [6, 6.07) is 6.06. The Morgan fingerprint density at radius 3 is 2.36 bits per heavy atom. The van der Waals surface area contributed by atoms with Gasteiger partial charge in [0.1, 0.15) is 11.7 Å². The van der Waals surface area contributed by atoms with E-state index in [2.05, 4.69) is 0 Å². The van der Waals surface area contributed by atoms with Gasteiger partial charge in [-0.3, -0.25) is 4.79 Å². The van der Waals surface area contributed by atoms with Crippen molar-refractivity contribution < 1.29 is 49.4 Å². The summed E-state index contributed by atoms with van der Waals surface area (Å²) in [6.07, 6.45) is -0.338. The van der Waals surface area contributed by atoms with Crippen LogP contribution in [0, 0.1) is 0 Å². The molecule has 0 radical (unpaired) electrons. The molecule has 1 rings (SSSR count). The number of hydrogen-bond acceptors (Lipinski definition) is 4. The first-order chi connectivity index (χ1) is 6.11. The van der Waals surface area contributed by atoms with Gasteiger partial charge in [0.05, 0.1) is 0 Å². The van der Waals surface area contributed by atoms with Gasteiger partial charge >= 0.3 is 29.6 Å². The summed E-state index contributed by atoms with van der Waals surface area (Å²) in [7, 11) is 0. The standard InChI is InChI=1S/C9H8O4.Na/c10-7-4-2-1-3-6(7)5-8(11)9(12)13;/h1-4,10H,5H2,(H,12,13);/q;+1/p-1. The van der Waals surface area contributed by atoms with Crippen LogP contribution in [-0.4, -0.2) is 16.9 Å². The van der Waals surface area contributed by atoms with E-state index >= 15 is 0 Å². The minimum absolute atomic E-state index is 0. The predicted octanol–water partition coefficient (Wildman–Crippen LogP) is -3.74. The Bertz CT molecular complexity index is 348. The number of para-hydroxylation sites is 1. The molecule has 0 amide bonds. The van der Waals surface area contributed by atoms with E-state index in [1.165, 1.54) is 12.1 Å². The Kier molecular flexibility index (Phi) is 5.45. The van der Waals surface area contributed by atoms with Crippen LogP contribution in [0.4, 0.5) is 0 Å². The number of carbonyl (C=O) groups is 2. The fourth-order valence-corrected chi connectivity index (χ4v) is 0.905. The van der Waals surface area contributed by atoms with E-state index in [0.717, 1.165) is 0 Å². The maximum atomic E-state index is 10.7. The Morgan fingerprint density at radius 2 is 1.86 bits per heavy atom. The summed E-state index contributed by atoms with van der Waals surface area (Å²) < 4.78 is 0. The number of phenols is 1. The van der Waals surface area contributed by atoms with Gasteiger partial charge in [-0.15, -0.1) is 0 Å². The third-order valence-corrected chi connectivity index (χ3v) is 1.57. The number of phenolic OH excluding ortho intramolecular Hbond substituents is 1. The largest absolute Gasteiger partial charge is 1.00 e. The average molecular weight is 202 g/mol. The molecule has 1 aromatic carbocycles. The molecule has 0 aliphatic rings. The number of Topliss-reactive ketones (excluding diaryl/α,β-unsaturated/α-hetero) is 1. The molecule has 4 nitrogen and oxygen atoms in total. The maximum Gasteiger partial charge on any atom is 1.00 e. The predicted molar refractivity (Wildman–Crippen MR) is 41.8 cm³/mol. The van der Waals surface area contributed by atoms with Crippen LogP contribution in [0.2, 0.25) is 0 Å². The average Bonchev–Trinajstić information content (AvgIpc) is 2.08. The van der Waals surface area contributed by atoms with Crippen molar-refractivity contribution in [3.63, 3.8) is 0 Å². The first-order valence-electron chi connectivity index (χ1n) is 3.62. The summed E-state index contributed by atoms with van der Waals surface area (Å²) in [5.74, 6) is -2.86. The normalized spacial score (nSPS) is 8.86. The monoisotopic (exact) mass is 202 g/mol. The second-order valence-electron chi connectivity index (χ2n) is 2.52. The van der Waals surface area contributed by atoms with Crippen molar-refractivity contribution in [2.75, 3.05) is 0 Å². The van der Waals surface area contributed by atoms with Crippen molar-refractivity contribution in [2.45, 2.75) is 6.42 Å². The van der Waals surface area contributed by atoms with Crippen LogP contribution >= 0.6 is 0 Å². The van der Waals surface area contributed by atoms with Crippen LogP contribution in [-0.2, 0) is 16.0 Å². The molecule has 0 aromatic heterocycles. The second kappa shape index (κ2) is 5.80. The topological polar surface area (TPSA) is 77.4 Å². The second-order valence-corrected chi connectivity index (χ2v) is 2.52. The molecule has 68 valence electrons. The van der Waals surface area contributed by atoms with Gasteiger partial charge in [-0.25, -0.2) is 0 Å². The Labute approximate surface area is 103 Å². The molecule has 0 heterocycles. The summed E-state index contributed by atoms with van der Waals surface area (Å²) in [5, 5.41) is 19.2. The first-order valence-corrected chi connectivity index (χ1v) is 3.62. The van der Waals surface area contributed by atoms with Crippen LogP contribution in [0.15, 0.2) is 24.3 Å². The van der Waals surface area contributed by atoms with Crippen LogP contribution in [0.25, 0.3) is 0 Å². The third kappa shape index (κ3) is 3.49. The van der Waals surface area contributed by atoms with Crippen molar-refractivity contribution >= 4 is 11.8 Å². The molecule has 1 N–H and O–H groups in total. The number of carboxylic acid groups (broad SMARTS) is 1. The molecule has 1 aromatic rings.